The monoisotopic (exact) mass is 935 g/mol. The number of ether oxygens (including phenoxy) is 6. The van der Waals surface area contributed by atoms with Gasteiger partial charge in [-0.1, -0.05) is 55.2 Å². The van der Waals surface area contributed by atoms with Crippen LogP contribution in [0.15, 0.2) is 45.9 Å². The number of carbonyl (C=O) groups excluding carboxylic acids is 2. The second-order valence-electron chi connectivity index (χ2n) is 19.7. The number of hydrogen-bond donors (Lipinski definition) is 4. The minimum Gasteiger partial charge on any atom is -0.482 e. The molecular formula is C52H78N4O9S. The predicted molar refractivity (Wildman–Crippen MR) is 265 cm³/mol. The van der Waals surface area contributed by atoms with Gasteiger partial charge in [0.25, 0.3) is 6.29 Å². The first-order valence-electron chi connectivity index (χ1n) is 23.6. The van der Waals surface area contributed by atoms with E-state index in [1.165, 1.54) is 11.9 Å². The second-order valence-corrected chi connectivity index (χ2v) is 21.8. The molecule has 0 aromatic heterocycles. The molecular weight excluding hydrogens is 857 g/mol. The van der Waals surface area contributed by atoms with Crippen LogP contribution in [0.25, 0.3) is 6.08 Å². The highest BCUT2D eigenvalue weighted by atomic mass is 32.2. The third-order valence-electron chi connectivity index (χ3n) is 13.4. The summed E-state index contributed by atoms with van der Waals surface area (Å²) in [6, 6.07) is -0.412. The van der Waals surface area contributed by atoms with E-state index in [-0.39, 0.29) is 34.3 Å². The van der Waals surface area contributed by atoms with Crippen LogP contribution in [0.1, 0.15) is 132 Å². The first-order chi connectivity index (χ1) is 31.0. The maximum absolute atomic E-state index is 14.3. The van der Waals surface area contributed by atoms with Crippen molar-refractivity contribution in [1.29, 1.82) is 10.8 Å². The van der Waals surface area contributed by atoms with Crippen molar-refractivity contribution in [2.24, 2.45) is 17.8 Å². The Morgan fingerprint density at radius 2 is 1.74 bits per heavy atom. The molecule has 1 aromatic carbocycles. The molecule has 13 nitrogen and oxygen atoms in total. The molecule has 1 aromatic rings. The van der Waals surface area contributed by atoms with Gasteiger partial charge in [0.15, 0.2) is 5.79 Å². The highest BCUT2D eigenvalue weighted by Gasteiger charge is 2.54. The molecule has 4 aliphatic heterocycles. The molecule has 66 heavy (non-hydrogen) atoms. The Hall–Kier alpha value is -3.76. The van der Waals surface area contributed by atoms with Gasteiger partial charge < -0.3 is 38.9 Å². The van der Waals surface area contributed by atoms with Gasteiger partial charge in [0, 0.05) is 41.7 Å². The standard InChI is InChI=1S/C52H78N4O9S/c1-16-36(37(33(8)57)22-20-31(6)26-60-15)35(10)66-27-40(32(7)56(28-53)55-14)42(54)41-47(62-50-44(59)43(58)48-45(61-50)34(9)63-51(11,12)64-48)38-23-25-52(13,24-17-18-29(2)3)65-46(38)39(49(41)66)21-19-30(4)5/h18-20,23,25,27-28,32,34-37,40,43,45,48,50,53-55,58H,16-17,21-22,24,26H2,1-15H3. The summed E-state index contributed by atoms with van der Waals surface area (Å²) in [6.45, 7) is 26.2. The fourth-order valence-electron chi connectivity index (χ4n) is 9.87. The normalized spacial score (nSPS) is 28.5. The molecule has 12 atom stereocenters. The van der Waals surface area contributed by atoms with E-state index < -0.39 is 70.3 Å². The number of carbonyl (C=O) groups is 2. The Balaban J connectivity index is 1.85. The van der Waals surface area contributed by atoms with Crippen molar-refractivity contribution in [2.45, 2.75) is 180 Å². The fraction of sp³-hybridized carbons (Fsp3) is 0.635. The molecule has 366 valence electrons. The van der Waals surface area contributed by atoms with Crippen molar-refractivity contribution in [3.63, 3.8) is 0 Å². The largest absolute Gasteiger partial charge is 0.482 e. The van der Waals surface area contributed by atoms with Crippen LogP contribution in [0, 0.1) is 28.6 Å². The summed E-state index contributed by atoms with van der Waals surface area (Å²) in [6.07, 6.45) is 9.46. The van der Waals surface area contributed by atoms with Gasteiger partial charge in [-0.15, -0.1) is 0 Å². The summed E-state index contributed by atoms with van der Waals surface area (Å²) in [5.74, 6) is -1.72. The lowest BCUT2D eigenvalue weighted by molar-refractivity contribution is -0.364. The van der Waals surface area contributed by atoms with Gasteiger partial charge >= 0.3 is 0 Å². The molecule has 5 rings (SSSR count). The van der Waals surface area contributed by atoms with Gasteiger partial charge in [-0.2, -0.15) is 10.5 Å². The van der Waals surface area contributed by atoms with Crippen LogP contribution in [0.4, 0.5) is 0 Å². The molecule has 14 heteroatoms. The van der Waals surface area contributed by atoms with E-state index in [9.17, 15) is 20.1 Å². The van der Waals surface area contributed by atoms with Crippen molar-refractivity contribution in [1.82, 2.24) is 10.4 Å². The van der Waals surface area contributed by atoms with Crippen molar-refractivity contribution >= 4 is 45.5 Å². The number of rotatable bonds is 20. The van der Waals surface area contributed by atoms with E-state index in [1.807, 2.05) is 32.9 Å². The number of benzene rings is 1. The van der Waals surface area contributed by atoms with Gasteiger partial charge in [-0.3, -0.25) is 20.0 Å². The lowest BCUT2D eigenvalue weighted by Gasteiger charge is -2.49. The highest BCUT2D eigenvalue weighted by Crippen LogP contribution is 2.56. The maximum Gasteiger partial charge on any atom is 0.263 e. The molecule has 0 radical (unpaired) electrons. The lowest BCUT2D eigenvalue weighted by atomic mass is 9.82. The van der Waals surface area contributed by atoms with Crippen LogP contribution in [-0.2, 0) is 35.0 Å². The minimum atomic E-state index is -1.58. The number of allylic oxidation sites excluding steroid dienone is 5. The predicted octanol–water partition coefficient (Wildman–Crippen LogP) is 9.14. The molecule has 12 unspecified atom stereocenters. The Morgan fingerprint density at radius 1 is 1.06 bits per heavy atom. The van der Waals surface area contributed by atoms with Crippen LogP contribution >= 0.6 is 10.5 Å². The van der Waals surface area contributed by atoms with Gasteiger partial charge in [0.1, 0.15) is 41.2 Å². The van der Waals surface area contributed by atoms with E-state index in [0.717, 1.165) is 34.4 Å². The fourth-order valence-corrected chi connectivity index (χ4v) is 13.0. The Kier molecular flexibility index (Phi) is 17.8. The van der Waals surface area contributed by atoms with Crippen LogP contribution in [0.3, 0.4) is 0 Å². The molecule has 0 spiro atoms. The molecule has 0 amide bonds. The number of ketones is 2. The topological polar surface area (TPSA) is 173 Å². The average molecular weight is 935 g/mol. The Bertz CT molecular complexity index is 2150. The zero-order valence-corrected chi connectivity index (χ0v) is 42.9. The highest BCUT2D eigenvalue weighted by molar-refractivity contribution is 8.15. The summed E-state index contributed by atoms with van der Waals surface area (Å²) in [5.41, 5.74) is 8.04. The number of fused-ring (bicyclic) bond motifs is 3. The van der Waals surface area contributed by atoms with Crippen LogP contribution < -0.4 is 14.9 Å². The van der Waals surface area contributed by atoms with Gasteiger partial charge in [-0.05, 0) is 125 Å². The number of aliphatic hydroxyl groups is 1. The van der Waals surface area contributed by atoms with Crippen LogP contribution in [0.5, 0.6) is 11.5 Å². The zero-order valence-electron chi connectivity index (χ0n) is 42.1. The number of methoxy groups -OCH3 is 1. The van der Waals surface area contributed by atoms with Gasteiger partial charge in [0.2, 0.25) is 5.78 Å². The molecule has 4 N–H and O–H groups in total. The van der Waals surface area contributed by atoms with E-state index in [2.05, 4.69) is 77.5 Å². The smallest absolute Gasteiger partial charge is 0.263 e. The van der Waals surface area contributed by atoms with E-state index >= 15 is 0 Å². The Labute approximate surface area is 396 Å². The third-order valence-corrected chi connectivity index (χ3v) is 16.1. The van der Waals surface area contributed by atoms with Crippen molar-refractivity contribution in [2.75, 3.05) is 20.8 Å². The maximum atomic E-state index is 14.3. The van der Waals surface area contributed by atoms with Crippen molar-refractivity contribution in [3.05, 3.63) is 57.7 Å². The SMILES string of the molecule is CCC(C(CC=C(C)COC)C(C)=O)C(C)S1=CC(C(C)N(C=N)NC)C(=N)c2c(OC3OC4C(C)OC(C)(C)OC4C(O)C3=O)c3c(c(CC=C(C)C)c21)OC(C)(CCC=C(C)C)C=C3. The number of Topliss-reactive ketones (excluding diaryl/α,β-unsaturated/α-hetero) is 2. The first-order valence-corrected chi connectivity index (χ1v) is 24.9. The summed E-state index contributed by atoms with van der Waals surface area (Å²) in [7, 11) is 2.63. The number of hydrazine groups is 1. The molecule has 4 heterocycles. The van der Waals surface area contributed by atoms with E-state index in [0.29, 0.717) is 42.7 Å². The lowest BCUT2D eigenvalue weighted by Crippen LogP contribution is -2.66. The quantitative estimate of drug-likeness (QED) is 0.0323. The third kappa shape index (κ3) is 11.6. The summed E-state index contributed by atoms with van der Waals surface area (Å²) < 4.78 is 38.3. The molecule has 2 fully saturated rings. The molecule has 0 bridgehead atoms. The van der Waals surface area contributed by atoms with E-state index in [4.69, 9.17) is 33.8 Å². The van der Waals surface area contributed by atoms with Gasteiger partial charge in [-0.25, -0.2) is 5.43 Å². The average Bonchev–Trinajstić information content (AvgIpc) is 3.23. The Morgan fingerprint density at radius 3 is 2.33 bits per heavy atom. The summed E-state index contributed by atoms with van der Waals surface area (Å²) >= 11 is 0. The first kappa shape index (κ1) is 53.2. The van der Waals surface area contributed by atoms with Crippen LogP contribution in [-0.4, -0.2) is 113 Å². The number of hydrogen-bond acceptors (Lipinski definition) is 12. The minimum absolute atomic E-state index is 0.0767. The summed E-state index contributed by atoms with van der Waals surface area (Å²) in [4.78, 5) is 29.0. The molecule has 0 saturated carbocycles. The molecule has 0 aliphatic carbocycles. The van der Waals surface area contributed by atoms with Gasteiger partial charge in [0.05, 0.1) is 41.9 Å². The number of aliphatic hydroxyl groups excluding tert-OH is 1. The number of nitrogens with one attached hydrogen (secondary N) is 3. The van der Waals surface area contributed by atoms with E-state index in [1.54, 1.807) is 39.9 Å². The number of nitrogens with zero attached hydrogens (tertiary/aromatic N) is 1. The van der Waals surface area contributed by atoms with Crippen molar-refractivity contribution in [3.8, 4) is 11.5 Å². The van der Waals surface area contributed by atoms with Crippen molar-refractivity contribution < 1.29 is 43.1 Å². The molecule has 2 saturated heterocycles. The zero-order chi connectivity index (χ0) is 49.0. The summed E-state index contributed by atoms with van der Waals surface area (Å²) in [5, 5.41) is 34.1. The van der Waals surface area contributed by atoms with Crippen LogP contribution in [0.2, 0.25) is 0 Å². The second kappa shape index (κ2) is 22.1. The molecule has 4 aliphatic rings.